The van der Waals surface area contributed by atoms with Crippen LogP contribution >= 0.6 is 0 Å². The van der Waals surface area contributed by atoms with E-state index in [1.165, 1.54) is 25.4 Å². The third kappa shape index (κ3) is 4.90. The third-order valence-corrected chi connectivity index (χ3v) is 6.31. The average Bonchev–Trinajstić information content (AvgIpc) is 3.55. The molecule has 0 aromatic carbocycles. The van der Waals surface area contributed by atoms with E-state index in [9.17, 15) is 18.0 Å². The van der Waals surface area contributed by atoms with E-state index < -0.39 is 23.3 Å². The van der Waals surface area contributed by atoms with Crippen LogP contribution in [0, 0.1) is 5.92 Å². The molecule has 2 aromatic rings. The van der Waals surface area contributed by atoms with E-state index in [0.29, 0.717) is 25.4 Å². The standard InChI is InChI=1S/C23H28F3N5O2/c1-13(14-4-5-14)30-21(32)16-11-29-20(23(24,25)26)18(15-6-8-28-17(10-15)33-3)19(16)31-9-7-22(2,27)12-31/h6,8,10-11,13-14H,4-5,7,9,12,27H2,1-3H3,(H,30,32)/t13-,22-/m0/s1. The Balaban J connectivity index is 1.92. The fourth-order valence-corrected chi connectivity index (χ4v) is 4.34. The summed E-state index contributed by atoms with van der Waals surface area (Å²) >= 11 is 0. The lowest BCUT2D eigenvalue weighted by Crippen LogP contribution is -2.40. The zero-order valence-electron chi connectivity index (χ0n) is 18.9. The maximum Gasteiger partial charge on any atom is 0.434 e. The van der Waals surface area contributed by atoms with Crippen LogP contribution in [0.4, 0.5) is 18.9 Å². The monoisotopic (exact) mass is 463 g/mol. The maximum absolute atomic E-state index is 14.1. The zero-order chi connectivity index (χ0) is 24.0. The van der Waals surface area contributed by atoms with E-state index in [1.54, 1.807) is 4.90 Å². The molecule has 178 valence electrons. The molecule has 33 heavy (non-hydrogen) atoms. The number of anilines is 1. The van der Waals surface area contributed by atoms with Gasteiger partial charge in [-0.25, -0.2) is 4.98 Å². The number of alkyl halides is 3. The number of ether oxygens (including phenoxy) is 1. The van der Waals surface area contributed by atoms with Crippen LogP contribution in [0.25, 0.3) is 11.1 Å². The number of pyridine rings is 2. The molecule has 0 bridgehead atoms. The van der Waals surface area contributed by atoms with E-state index >= 15 is 0 Å². The molecule has 1 saturated carbocycles. The van der Waals surface area contributed by atoms with E-state index in [-0.39, 0.29) is 34.3 Å². The minimum absolute atomic E-state index is 0.0736. The van der Waals surface area contributed by atoms with Gasteiger partial charge < -0.3 is 20.7 Å². The lowest BCUT2D eigenvalue weighted by Gasteiger charge is -2.28. The number of nitrogens with two attached hydrogens (primary N) is 1. The summed E-state index contributed by atoms with van der Waals surface area (Å²) in [6.45, 7) is 4.49. The van der Waals surface area contributed by atoms with E-state index in [0.717, 1.165) is 19.0 Å². The topological polar surface area (TPSA) is 93.4 Å². The van der Waals surface area contributed by atoms with Crippen LogP contribution in [0.2, 0.25) is 0 Å². The van der Waals surface area contributed by atoms with Crippen LogP contribution in [0.1, 0.15) is 49.2 Å². The van der Waals surface area contributed by atoms with Crippen molar-refractivity contribution in [2.45, 2.75) is 50.9 Å². The molecular weight excluding hydrogens is 435 g/mol. The first-order valence-corrected chi connectivity index (χ1v) is 11.0. The van der Waals surface area contributed by atoms with Gasteiger partial charge in [-0.15, -0.1) is 0 Å². The quantitative estimate of drug-likeness (QED) is 0.680. The number of methoxy groups -OCH3 is 1. The molecule has 2 atom stereocenters. The second-order valence-corrected chi connectivity index (χ2v) is 9.25. The van der Waals surface area contributed by atoms with E-state index in [1.807, 2.05) is 13.8 Å². The molecule has 10 heteroatoms. The molecular formula is C23H28F3N5O2. The summed E-state index contributed by atoms with van der Waals surface area (Å²) in [4.78, 5) is 22.8. The van der Waals surface area contributed by atoms with Crippen LogP contribution in [-0.4, -0.2) is 47.7 Å². The number of nitrogens with zero attached hydrogens (tertiary/aromatic N) is 3. The van der Waals surface area contributed by atoms with Crippen molar-refractivity contribution in [3.8, 4) is 17.0 Å². The number of carbonyl (C=O) groups excluding carboxylic acids is 1. The van der Waals surface area contributed by atoms with Gasteiger partial charge in [0.05, 0.1) is 18.4 Å². The van der Waals surface area contributed by atoms with Crippen LogP contribution in [0.3, 0.4) is 0 Å². The Labute approximate surface area is 190 Å². The predicted molar refractivity (Wildman–Crippen MR) is 118 cm³/mol. The number of rotatable bonds is 6. The first kappa shape index (κ1) is 23.3. The second-order valence-electron chi connectivity index (χ2n) is 9.25. The van der Waals surface area contributed by atoms with Crippen molar-refractivity contribution in [3.05, 3.63) is 35.8 Å². The lowest BCUT2D eigenvalue weighted by molar-refractivity contribution is -0.140. The summed E-state index contributed by atoms with van der Waals surface area (Å²) < 4.78 is 47.6. The van der Waals surface area contributed by atoms with Crippen molar-refractivity contribution in [3.63, 3.8) is 0 Å². The fourth-order valence-electron chi connectivity index (χ4n) is 4.34. The number of aromatic nitrogens is 2. The Morgan fingerprint density at radius 3 is 2.67 bits per heavy atom. The summed E-state index contributed by atoms with van der Waals surface area (Å²) in [5.74, 6) is 0.107. The maximum atomic E-state index is 14.1. The Morgan fingerprint density at radius 2 is 2.09 bits per heavy atom. The molecule has 3 heterocycles. The summed E-state index contributed by atoms with van der Waals surface area (Å²) in [6, 6.07) is 2.81. The van der Waals surface area contributed by atoms with Gasteiger partial charge in [-0.05, 0) is 50.7 Å². The largest absolute Gasteiger partial charge is 0.481 e. The molecule has 0 spiro atoms. The normalized spacial score (nSPS) is 21.7. The molecule has 0 radical (unpaired) electrons. The van der Waals surface area contributed by atoms with Crippen LogP contribution in [0.5, 0.6) is 5.88 Å². The van der Waals surface area contributed by atoms with Gasteiger partial charge in [-0.1, -0.05) is 0 Å². The number of hydrogen-bond donors (Lipinski definition) is 2. The minimum atomic E-state index is -4.73. The fraction of sp³-hybridized carbons (Fsp3) is 0.522. The van der Waals surface area contributed by atoms with Crippen molar-refractivity contribution in [1.29, 1.82) is 0 Å². The van der Waals surface area contributed by atoms with Gasteiger partial charge in [0, 0.05) is 48.7 Å². The van der Waals surface area contributed by atoms with Crippen LogP contribution < -0.4 is 20.7 Å². The van der Waals surface area contributed by atoms with E-state index in [4.69, 9.17) is 10.5 Å². The predicted octanol–water partition coefficient (Wildman–Crippen LogP) is 3.63. The molecule has 1 aliphatic heterocycles. The van der Waals surface area contributed by atoms with Crippen molar-refractivity contribution in [2.75, 3.05) is 25.1 Å². The number of amides is 1. The Hall–Kier alpha value is -2.88. The van der Waals surface area contributed by atoms with Gasteiger partial charge in [0.1, 0.15) is 0 Å². The Bertz CT molecular complexity index is 1050. The first-order chi connectivity index (χ1) is 15.5. The van der Waals surface area contributed by atoms with Crippen molar-refractivity contribution < 1.29 is 22.7 Å². The number of halogens is 3. The molecule has 2 aromatic heterocycles. The molecule has 2 fully saturated rings. The summed E-state index contributed by atoms with van der Waals surface area (Å²) in [5.41, 5.74) is 4.97. The van der Waals surface area contributed by atoms with Gasteiger partial charge in [0.15, 0.2) is 5.69 Å². The molecule has 1 aliphatic carbocycles. The average molecular weight is 464 g/mol. The van der Waals surface area contributed by atoms with Gasteiger partial charge in [-0.3, -0.25) is 9.78 Å². The van der Waals surface area contributed by atoms with Crippen molar-refractivity contribution in [1.82, 2.24) is 15.3 Å². The first-order valence-electron chi connectivity index (χ1n) is 11.0. The molecule has 4 rings (SSSR count). The molecule has 7 nitrogen and oxygen atoms in total. The van der Waals surface area contributed by atoms with Crippen molar-refractivity contribution >= 4 is 11.6 Å². The highest BCUT2D eigenvalue weighted by atomic mass is 19.4. The number of carbonyl (C=O) groups is 1. The minimum Gasteiger partial charge on any atom is -0.481 e. The van der Waals surface area contributed by atoms with Gasteiger partial charge in [-0.2, -0.15) is 13.2 Å². The Morgan fingerprint density at radius 1 is 1.36 bits per heavy atom. The molecule has 2 aliphatic rings. The third-order valence-electron chi connectivity index (χ3n) is 6.31. The van der Waals surface area contributed by atoms with Crippen molar-refractivity contribution in [2.24, 2.45) is 11.7 Å². The molecule has 1 amide bonds. The number of nitrogens with one attached hydrogen (secondary N) is 1. The highest BCUT2D eigenvalue weighted by molar-refractivity contribution is 6.04. The van der Waals surface area contributed by atoms with Gasteiger partial charge >= 0.3 is 6.18 Å². The zero-order valence-corrected chi connectivity index (χ0v) is 18.9. The highest BCUT2D eigenvalue weighted by Gasteiger charge is 2.41. The van der Waals surface area contributed by atoms with Gasteiger partial charge in [0.25, 0.3) is 5.91 Å². The SMILES string of the molecule is COc1cc(-c2c(C(F)(F)F)ncc(C(=O)N[C@@H](C)C3CC3)c2N2CC[C@](C)(N)C2)ccn1. The summed E-state index contributed by atoms with van der Waals surface area (Å²) in [5, 5.41) is 2.95. The summed E-state index contributed by atoms with van der Waals surface area (Å²) in [6.07, 6.45) is 0.300. The molecule has 1 saturated heterocycles. The van der Waals surface area contributed by atoms with Gasteiger partial charge in [0.2, 0.25) is 5.88 Å². The van der Waals surface area contributed by atoms with Crippen LogP contribution in [0.15, 0.2) is 24.5 Å². The van der Waals surface area contributed by atoms with E-state index in [2.05, 4.69) is 15.3 Å². The smallest absolute Gasteiger partial charge is 0.434 e. The number of hydrogen-bond acceptors (Lipinski definition) is 6. The highest BCUT2D eigenvalue weighted by Crippen LogP contribution is 2.45. The molecule has 0 unspecified atom stereocenters. The van der Waals surface area contributed by atoms with Crippen LogP contribution in [-0.2, 0) is 6.18 Å². The molecule has 3 N–H and O–H groups in total. The summed E-state index contributed by atoms with van der Waals surface area (Å²) in [7, 11) is 1.39. The second kappa shape index (κ2) is 8.48. The Kier molecular flexibility index (Phi) is 5.98. The lowest BCUT2D eigenvalue weighted by atomic mass is 9.97.